The van der Waals surface area contributed by atoms with Crippen molar-refractivity contribution in [1.29, 1.82) is 0 Å². The molecular weight excluding hydrogens is 344 g/mol. The van der Waals surface area contributed by atoms with Gasteiger partial charge in [-0.05, 0) is 42.9 Å². The van der Waals surface area contributed by atoms with Crippen molar-refractivity contribution in [3.05, 3.63) is 66.2 Å². The second-order valence-electron chi connectivity index (χ2n) is 8.75. The van der Waals surface area contributed by atoms with Gasteiger partial charge in [0.05, 0.1) is 0 Å². The highest BCUT2D eigenvalue weighted by molar-refractivity contribution is 5.93. The number of para-hydroxylation sites is 1. The number of hydrogen-bond donors (Lipinski definition) is 0. The summed E-state index contributed by atoms with van der Waals surface area (Å²) in [7, 11) is 0. The zero-order valence-corrected chi connectivity index (χ0v) is 17.8. The van der Waals surface area contributed by atoms with Crippen molar-refractivity contribution in [1.82, 2.24) is 4.90 Å². The van der Waals surface area contributed by atoms with E-state index in [0.29, 0.717) is 12.5 Å². The van der Waals surface area contributed by atoms with Crippen LogP contribution in [0.5, 0.6) is 0 Å². The van der Waals surface area contributed by atoms with E-state index in [9.17, 15) is 4.79 Å². The number of hydrogen-bond acceptors (Lipinski definition) is 2. The van der Waals surface area contributed by atoms with Crippen LogP contribution in [-0.2, 0) is 11.2 Å². The van der Waals surface area contributed by atoms with Gasteiger partial charge in [0, 0.05) is 37.3 Å². The number of rotatable bonds is 6. The Kier molecular flexibility index (Phi) is 6.56. The first-order valence-corrected chi connectivity index (χ1v) is 10.6. The van der Waals surface area contributed by atoms with Crippen LogP contribution in [-0.4, -0.2) is 36.0 Å². The maximum Gasteiger partial charge on any atom is 0.226 e. The third kappa shape index (κ3) is 4.64. The standard InChI is InChI=1S/C25H34N2O/c1-5-24(28)27(22-14-10-7-11-15-22)23-18-20(2)26(19-25(23,3)4)17-16-21-12-8-6-9-13-21/h6-15,20,23H,5,16-19H2,1-4H3. The molecule has 150 valence electrons. The molecule has 0 saturated carbocycles. The van der Waals surface area contributed by atoms with Crippen LogP contribution in [0.15, 0.2) is 60.7 Å². The second-order valence-corrected chi connectivity index (χ2v) is 8.75. The highest BCUT2D eigenvalue weighted by atomic mass is 16.2. The number of amides is 1. The normalized spacial score (nSPS) is 22.0. The number of likely N-dealkylation sites (tertiary alicyclic amines) is 1. The first-order valence-electron chi connectivity index (χ1n) is 10.6. The lowest BCUT2D eigenvalue weighted by Crippen LogP contribution is -2.60. The first kappa shape index (κ1) is 20.6. The zero-order valence-electron chi connectivity index (χ0n) is 17.8. The Labute approximate surface area is 170 Å². The second kappa shape index (κ2) is 8.91. The van der Waals surface area contributed by atoms with Crippen LogP contribution in [0.1, 0.15) is 46.1 Å². The smallest absolute Gasteiger partial charge is 0.226 e. The lowest BCUT2D eigenvalue weighted by molar-refractivity contribution is -0.120. The van der Waals surface area contributed by atoms with Crippen LogP contribution in [0.3, 0.4) is 0 Å². The van der Waals surface area contributed by atoms with E-state index in [1.54, 1.807) is 0 Å². The highest BCUT2D eigenvalue weighted by Crippen LogP contribution is 2.38. The van der Waals surface area contributed by atoms with Crippen molar-refractivity contribution in [2.45, 2.75) is 59.0 Å². The number of anilines is 1. The SMILES string of the molecule is CCC(=O)N(c1ccccc1)C1CC(C)N(CCc2ccccc2)CC1(C)C. The number of nitrogens with zero attached hydrogens (tertiary/aromatic N) is 2. The molecule has 1 amide bonds. The maximum absolute atomic E-state index is 12.9. The lowest BCUT2D eigenvalue weighted by atomic mass is 9.75. The van der Waals surface area contributed by atoms with E-state index >= 15 is 0 Å². The van der Waals surface area contributed by atoms with Crippen LogP contribution in [0.2, 0.25) is 0 Å². The van der Waals surface area contributed by atoms with Crippen molar-refractivity contribution in [2.24, 2.45) is 5.41 Å². The van der Waals surface area contributed by atoms with Gasteiger partial charge in [-0.2, -0.15) is 0 Å². The molecule has 2 aromatic rings. The molecular formula is C25H34N2O. The van der Waals surface area contributed by atoms with Gasteiger partial charge in [-0.15, -0.1) is 0 Å². The van der Waals surface area contributed by atoms with E-state index < -0.39 is 0 Å². The molecule has 0 spiro atoms. The Morgan fingerprint density at radius 3 is 2.29 bits per heavy atom. The fraction of sp³-hybridized carbons (Fsp3) is 0.480. The summed E-state index contributed by atoms with van der Waals surface area (Å²) in [5.74, 6) is 0.217. The third-order valence-corrected chi connectivity index (χ3v) is 6.15. The van der Waals surface area contributed by atoms with Crippen LogP contribution >= 0.6 is 0 Å². The molecule has 0 bridgehead atoms. The topological polar surface area (TPSA) is 23.6 Å². The van der Waals surface area contributed by atoms with Crippen LogP contribution < -0.4 is 4.90 Å². The molecule has 2 unspecified atom stereocenters. The van der Waals surface area contributed by atoms with Gasteiger partial charge in [-0.25, -0.2) is 0 Å². The molecule has 3 rings (SSSR count). The minimum absolute atomic E-state index is 0.0316. The average Bonchev–Trinajstić information content (AvgIpc) is 2.71. The molecule has 1 fully saturated rings. The largest absolute Gasteiger partial charge is 0.309 e. The monoisotopic (exact) mass is 378 g/mol. The molecule has 0 aromatic heterocycles. The van der Waals surface area contributed by atoms with E-state index in [0.717, 1.165) is 31.6 Å². The number of benzene rings is 2. The Bertz CT molecular complexity index is 757. The molecule has 0 aliphatic carbocycles. The quantitative estimate of drug-likeness (QED) is 0.693. The predicted octanol–water partition coefficient (Wildman–Crippen LogP) is 5.16. The molecule has 1 aliphatic heterocycles. The van der Waals surface area contributed by atoms with Gasteiger partial charge < -0.3 is 4.90 Å². The molecule has 0 N–H and O–H groups in total. The molecule has 0 radical (unpaired) electrons. The van der Waals surface area contributed by atoms with Gasteiger partial charge in [0.2, 0.25) is 5.91 Å². The summed E-state index contributed by atoms with van der Waals surface area (Å²) in [6.07, 6.45) is 2.61. The van der Waals surface area contributed by atoms with E-state index in [2.05, 4.69) is 73.0 Å². The molecule has 1 heterocycles. The summed E-state index contributed by atoms with van der Waals surface area (Å²) in [6, 6.07) is 21.6. The molecule has 3 nitrogen and oxygen atoms in total. The first-order chi connectivity index (χ1) is 13.4. The van der Waals surface area contributed by atoms with E-state index in [4.69, 9.17) is 0 Å². The van der Waals surface area contributed by atoms with Crippen molar-refractivity contribution in [3.63, 3.8) is 0 Å². The predicted molar refractivity (Wildman–Crippen MR) is 118 cm³/mol. The van der Waals surface area contributed by atoms with Gasteiger partial charge in [0.15, 0.2) is 0 Å². The van der Waals surface area contributed by atoms with Crippen LogP contribution in [0, 0.1) is 5.41 Å². The fourth-order valence-electron chi connectivity index (χ4n) is 4.50. The molecule has 3 heteroatoms. The van der Waals surface area contributed by atoms with E-state index in [-0.39, 0.29) is 17.4 Å². The van der Waals surface area contributed by atoms with Crippen LogP contribution in [0.4, 0.5) is 5.69 Å². The molecule has 1 saturated heterocycles. The Hall–Kier alpha value is -2.13. The van der Waals surface area contributed by atoms with Crippen molar-refractivity contribution < 1.29 is 4.79 Å². The molecule has 28 heavy (non-hydrogen) atoms. The minimum atomic E-state index is 0.0316. The van der Waals surface area contributed by atoms with Gasteiger partial charge >= 0.3 is 0 Å². The van der Waals surface area contributed by atoms with Crippen molar-refractivity contribution in [2.75, 3.05) is 18.0 Å². The Balaban J connectivity index is 1.77. The Morgan fingerprint density at radius 1 is 1.07 bits per heavy atom. The summed E-state index contributed by atoms with van der Waals surface area (Å²) < 4.78 is 0. The van der Waals surface area contributed by atoms with E-state index in [1.165, 1.54) is 5.56 Å². The molecule has 1 aliphatic rings. The zero-order chi connectivity index (χ0) is 20.1. The fourth-order valence-corrected chi connectivity index (χ4v) is 4.50. The summed E-state index contributed by atoms with van der Waals surface area (Å²) in [5.41, 5.74) is 2.45. The summed E-state index contributed by atoms with van der Waals surface area (Å²) in [4.78, 5) is 17.6. The van der Waals surface area contributed by atoms with E-state index in [1.807, 2.05) is 25.1 Å². The number of piperidine rings is 1. The van der Waals surface area contributed by atoms with Gasteiger partial charge in [-0.3, -0.25) is 9.69 Å². The summed E-state index contributed by atoms with van der Waals surface area (Å²) >= 11 is 0. The number of carbonyl (C=O) groups is 1. The molecule has 2 atom stereocenters. The summed E-state index contributed by atoms with van der Waals surface area (Å²) in [6.45, 7) is 11.0. The van der Waals surface area contributed by atoms with Gasteiger partial charge in [0.25, 0.3) is 0 Å². The minimum Gasteiger partial charge on any atom is -0.309 e. The lowest BCUT2D eigenvalue weighted by Gasteiger charge is -2.51. The maximum atomic E-state index is 12.9. The highest BCUT2D eigenvalue weighted by Gasteiger charge is 2.43. The Morgan fingerprint density at radius 2 is 1.68 bits per heavy atom. The summed E-state index contributed by atoms with van der Waals surface area (Å²) in [5, 5.41) is 0. The van der Waals surface area contributed by atoms with Gasteiger partial charge in [-0.1, -0.05) is 69.3 Å². The molecule has 2 aromatic carbocycles. The number of carbonyl (C=O) groups excluding carboxylic acids is 1. The average molecular weight is 379 g/mol. The van der Waals surface area contributed by atoms with Gasteiger partial charge in [0.1, 0.15) is 0 Å². The third-order valence-electron chi connectivity index (χ3n) is 6.15. The van der Waals surface area contributed by atoms with Crippen LogP contribution in [0.25, 0.3) is 0 Å². The van der Waals surface area contributed by atoms with Crippen molar-refractivity contribution >= 4 is 11.6 Å². The van der Waals surface area contributed by atoms with Crippen molar-refractivity contribution in [3.8, 4) is 0 Å².